The van der Waals surface area contributed by atoms with Gasteiger partial charge in [0.15, 0.2) is 0 Å². The van der Waals surface area contributed by atoms with E-state index in [9.17, 15) is 9.59 Å². The fourth-order valence-electron chi connectivity index (χ4n) is 1.92. The third-order valence-electron chi connectivity index (χ3n) is 2.98. The Morgan fingerprint density at radius 1 is 1.13 bits per heavy atom. The van der Waals surface area contributed by atoms with Crippen molar-refractivity contribution in [3.63, 3.8) is 0 Å². The summed E-state index contributed by atoms with van der Waals surface area (Å²) in [4.78, 5) is 23.0. The maximum Gasteiger partial charge on any atom is 0.407 e. The Kier molecular flexibility index (Phi) is 7.38. The first-order valence-corrected chi connectivity index (χ1v) is 7.81. The average molecular weight is 321 g/mol. The molecule has 6 nitrogen and oxygen atoms in total. The predicted octanol–water partition coefficient (Wildman–Crippen LogP) is 2.30. The molecule has 0 aliphatic rings. The van der Waals surface area contributed by atoms with Gasteiger partial charge in [0, 0.05) is 25.8 Å². The zero-order chi connectivity index (χ0) is 17.3. The number of anilines is 1. The van der Waals surface area contributed by atoms with Gasteiger partial charge in [-0.15, -0.1) is 0 Å². The van der Waals surface area contributed by atoms with E-state index < -0.39 is 11.7 Å². The van der Waals surface area contributed by atoms with Gasteiger partial charge in [0.25, 0.3) is 0 Å². The van der Waals surface area contributed by atoms with Crippen molar-refractivity contribution in [2.45, 2.75) is 39.2 Å². The van der Waals surface area contributed by atoms with Crippen molar-refractivity contribution in [2.24, 2.45) is 0 Å². The van der Waals surface area contributed by atoms with Gasteiger partial charge >= 0.3 is 6.09 Å². The second-order valence-corrected chi connectivity index (χ2v) is 6.22. The highest BCUT2D eigenvalue weighted by molar-refractivity contribution is 5.80. The van der Waals surface area contributed by atoms with Gasteiger partial charge in [-0.3, -0.25) is 4.79 Å². The predicted molar refractivity (Wildman–Crippen MR) is 91.6 cm³/mol. The first kappa shape index (κ1) is 18.8. The van der Waals surface area contributed by atoms with Crippen LogP contribution in [0.1, 0.15) is 32.8 Å². The molecule has 0 radical (unpaired) electrons. The maximum atomic E-state index is 11.5. The monoisotopic (exact) mass is 321 g/mol. The Balaban J connectivity index is 2.34. The topological polar surface area (TPSA) is 79.5 Å². The molecule has 0 saturated heterocycles. The van der Waals surface area contributed by atoms with Gasteiger partial charge in [-0.25, -0.2) is 4.79 Å². The lowest BCUT2D eigenvalue weighted by Gasteiger charge is -2.19. The van der Waals surface area contributed by atoms with Crippen molar-refractivity contribution in [3.8, 4) is 0 Å². The van der Waals surface area contributed by atoms with E-state index in [0.717, 1.165) is 17.7 Å². The molecule has 0 bridgehead atoms. The van der Waals surface area contributed by atoms with E-state index >= 15 is 0 Å². The van der Waals surface area contributed by atoms with Crippen molar-refractivity contribution in [3.05, 3.63) is 29.8 Å². The van der Waals surface area contributed by atoms with Crippen molar-refractivity contribution in [2.75, 3.05) is 25.5 Å². The molecule has 0 saturated carbocycles. The minimum atomic E-state index is -0.485. The molecule has 128 valence electrons. The van der Waals surface area contributed by atoms with Crippen molar-refractivity contribution in [1.29, 1.82) is 0 Å². The van der Waals surface area contributed by atoms with E-state index in [1.807, 2.05) is 45.0 Å². The van der Waals surface area contributed by atoms with E-state index in [0.29, 0.717) is 19.5 Å². The van der Waals surface area contributed by atoms with Crippen LogP contribution in [0.3, 0.4) is 0 Å². The number of para-hydroxylation sites is 1. The number of amides is 2. The first-order valence-electron chi connectivity index (χ1n) is 7.81. The van der Waals surface area contributed by atoms with E-state index in [-0.39, 0.29) is 5.91 Å². The Bertz CT molecular complexity index is 524. The fourth-order valence-corrected chi connectivity index (χ4v) is 1.92. The van der Waals surface area contributed by atoms with Crippen LogP contribution < -0.4 is 16.0 Å². The number of carbonyl (C=O) groups excluding carboxylic acids is 2. The van der Waals surface area contributed by atoms with Crippen LogP contribution in [0.4, 0.5) is 10.5 Å². The van der Waals surface area contributed by atoms with Gasteiger partial charge in [-0.05, 0) is 38.8 Å². The van der Waals surface area contributed by atoms with Crippen LogP contribution in [0.15, 0.2) is 24.3 Å². The van der Waals surface area contributed by atoms with Gasteiger partial charge in [0.1, 0.15) is 5.60 Å². The minimum Gasteiger partial charge on any atom is -0.444 e. The number of hydrogen-bond donors (Lipinski definition) is 3. The Hall–Kier alpha value is -2.24. The third-order valence-corrected chi connectivity index (χ3v) is 2.98. The van der Waals surface area contributed by atoms with Gasteiger partial charge in [0.2, 0.25) is 5.91 Å². The number of alkyl carbamates (subject to hydrolysis) is 1. The third kappa shape index (κ3) is 8.09. The zero-order valence-electron chi connectivity index (χ0n) is 14.4. The van der Waals surface area contributed by atoms with Gasteiger partial charge in [-0.1, -0.05) is 18.2 Å². The number of benzene rings is 1. The van der Waals surface area contributed by atoms with Crippen LogP contribution in [0.2, 0.25) is 0 Å². The molecular weight excluding hydrogens is 294 g/mol. The van der Waals surface area contributed by atoms with Gasteiger partial charge in [0.05, 0.1) is 6.42 Å². The lowest BCUT2D eigenvalue weighted by Crippen LogP contribution is -2.33. The van der Waals surface area contributed by atoms with Crippen molar-refractivity contribution >= 4 is 17.7 Å². The van der Waals surface area contributed by atoms with E-state index in [1.165, 1.54) is 0 Å². The molecule has 2 amide bonds. The van der Waals surface area contributed by atoms with Crippen LogP contribution in [0, 0.1) is 0 Å². The molecule has 0 fully saturated rings. The number of rotatable bonds is 7. The quantitative estimate of drug-likeness (QED) is 0.673. The summed E-state index contributed by atoms with van der Waals surface area (Å²) in [6.45, 7) is 6.71. The highest BCUT2D eigenvalue weighted by Crippen LogP contribution is 2.15. The summed E-state index contributed by atoms with van der Waals surface area (Å²) >= 11 is 0. The lowest BCUT2D eigenvalue weighted by molar-refractivity contribution is -0.119. The summed E-state index contributed by atoms with van der Waals surface area (Å²) in [7, 11) is 1.63. The molecule has 0 atom stereocenters. The number of ether oxygens (including phenoxy) is 1. The number of likely N-dealkylation sites (N-methyl/N-ethyl adjacent to an activating group) is 1. The standard InChI is InChI=1S/C17H27N3O3/c1-17(2,3)23-16(22)20-11-7-10-19-14-9-6-5-8-13(14)12-15(21)18-4/h5-6,8-9,19H,7,10-12H2,1-4H3,(H,18,21)(H,20,22). The molecule has 23 heavy (non-hydrogen) atoms. The summed E-state index contributed by atoms with van der Waals surface area (Å²) in [6, 6.07) is 7.71. The second-order valence-electron chi connectivity index (χ2n) is 6.22. The molecule has 0 spiro atoms. The molecule has 0 aliphatic carbocycles. The molecule has 1 aromatic rings. The SMILES string of the molecule is CNC(=O)Cc1ccccc1NCCCNC(=O)OC(C)(C)C. The molecule has 1 rings (SSSR count). The largest absolute Gasteiger partial charge is 0.444 e. The second kappa shape index (κ2) is 9.02. The van der Waals surface area contributed by atoms with E-state index in [2.05, 4.69) is 16.0 Å². The smallest absolute Gasteiger partial charge is 0.407 e. The number of nitrogens with one attached hydrogen (secondary N) is 3. The Labute approximate surface area is 138 Å². The summed E-state index contributed by atoms with van der Waals surface area (Å²) in [6.07, 6.45) is 0.696. The van der Waals surface area contributed by atoms with E-state index in [4.69, 9.17) is 4.74 Å². The summed E-state index contributed by atoms with van der Waals surface area (Å²) in [5, 5.41) is 8.63. The molecule has 0 heterocycles. The van der Waals surface area contributed by atoms with Crippen LogP contribution in [0.25, 0.3) is 0 Å². The fraction of sp³-hybridized carbons (Fsp3) is 0.529. The summed E-state index contributed by atoms with van der Waals surface area (Å²) in [5.41, 5.74) is 1.40. The van der Waals surface area contributed by atoms with Crippen molar-refractivity contribution < 1.29 is 14.3 Å². The molecule has 0 aliphatic heterocycles. The van der Waals surface area contributed by atoms with Crippen LogP contribution in [-0.4, -0.2) is 37.7 Å². The molecule has 0 unspecified atom stereocenters. The van der Waals surface area contributed by atoms with E-state index in [1.54, 1.807) is 7.05 Å². The highest BCUT2D eigenvalue weighted by Gasteiger charge is 2.15. The molecular formula is C17H27N3O3. The summed E-state index contributed by atoms with van der Waals surface area (Å²) < 4.78 is 5.16. The zero-order valence-corrected chi connectivity index (χ0v) is 14.4. The summed E-state index contributed by atoms with van der Waals surface area (Å²) in [5.74, 6) is -0.0224. The highest BCUT2D eigenvalue weighted by atomic mass is 16.6. The maximum absolute atomic E-state index is 11.5. The normalized spacial score (nSPS) is 10.8. The Morgan fingerprint density at radius 3 is 2.48 bits per heavy atom. The Morgan fingerprint density at radius 2 is 1.83 bits per heavy atom. The van der Waals surface area contributed by atoms with Crippen LogP contribution in [-0.2, 0) is 16.0 Å². The van der Waals surface area contributed by atoms with Crippen molar-refractivity contribution in [1.82, 2.24) is 10.6 Å². The lowest BCUT2D eigenvalue weighted by atomic mass is 10.1. The molecule has 1 aromatic carbocycles. The number of carbonyl (C=O) groups is 2. The molecule has 3 N–H and O–H groups in total. The molecule has 0 aromatic heterocycles. The first-order chi connectivity index (χ1) is 10.8. The van der Waals surface area contributed by atoms with Gasteiger partial charge < -0.3 is 20.7 Å². The minimum absolute atomic E-state index is 0.0224. The van der Waals surface area contributed by atoms with Crippen LogP contribution in [0.5, 0.6) is 0 Å². The average Bonchev–Trinajstić information content (AvgIpc) is 2.46. The number of hydrogen-bond acceptors (Lipinski definition) is 4. The molecule has 6 heteroatoms. The van der Waals surface area contributed by atoms with Gasteiger partial charge in [-0.2, -0.15) is 0 Å². The van der Waals surface area contributed by atoms with Crippen LogP contribution >= 0.6 is 0 Å².